The molecule has 1 saturated carbocycles. The van der Waals surface area contributed by atoms with E-state index in [1.165, 1.54) is 6.07 Å². The number of aromatic hydroxyl groups is 1. The molecule has 0 radical (unpaired) electrons. The summed E-state index contributed by atoms with van der Waals surface area (Å²) in [6, 6.07) is 6.58. The lowest BCUT2D eigenvalue weighted by Gasteiger charge is -2.50. The van der Waals surface area contributed by atoms with Crippen LogP contribution in [0.2, 0.25) is 0 Å². The summed E-state index contributed by atoms with van der Waals surface area (Å²) >= 11 is 0. The van der Waals surface area contributed by atoms with Gasteiger partial charge in [-0.2, -0.15) is 0 Å². The fourth-order valence-corrected chi connectivity index (χ4v) is 2.09. The van der Waals surface area contributed by atoms with Crippen LogP contribution in [0, 0.1) is 5.41 Å². The zero-order valence-corrected chi connectivity index (χ0v) is 10.1. The Morgan fingerprint density at radius 2 is 2.24 bits per heavy atom. The topological polar surface area (TPSA) is 75.3 Å². The maximum absolute atomic E-state index is 11.9. The van der Waals surface area contributed by atoms with Crippen LogP contribution in [0.5, 0.6) is 5.75 Å². The van der Waals surface area contributed by atoms with Crippen molar-refractivity contribution in [2.75, 3.05) is 0 Å². The Hall–Kier alpha value is -1.55. The number of hydrogen-bond acceptors (Lipinski definition) is 3. The van der Waals surface area contributed by atoms with Gasteiger partial charge in [-0.1, -0.05) is 19.9 Å². The third-order valence-corrected chi connectivity index (χ3v) is 3.76. The van der Waals surface area contributed by atoms with Crippen molar-refractivity contribution in [2.45, 2.75) is 32.4 Å². The Balaban J connectivity index is 2.04. The normalized spacial score (nSPS) is 26.1. The molecule has 0 saturated heterocycles. The average Bonchev–Trinajstić information content (AvgIpc) is 2.28. The van der Waals surface area contributed by atoms with Crippen LogP contribution in [-0.4, -0.2) is 23.1 Å². The molecule has 4 heteroatoms. The number of amides is 1. The minimum absolute atomic E-state index is 0.0630. The molecule has 2 atom stereocenters. The summed E-state index contributed by atoms with van der Waals surface area (Å²) in [6.07, 6.45) is 0.803. The van der Waals surface area contributed by atoms with Gasteiger partial charge in [0, 0.05) is 23.1 Å². The molecule has 4 nitrogen and oxygen atoms in total. The number of nitrogens with two attached hydrogens (primary N) is 1. The summed E-state index contributed by atoms with van der Waals surface area (Å²) in [4.78, 5) is 11.9. The van der Waals surface area contributed by atoms with E-state index in [-0.39, 0.29) is 29.2 Å². The highest BCUT2D eigenvalue weighted by Crippen LogP contribution is 2.39. The van der Waals surface area contributed by atoms with Crippen molar-refractivity contribution in [3.8, 4) is 5.75 Å². The summed E-state index contributed by atoms with van der Waals surface area (Å²) in [5.74, 6) is -0.0619. The summed E-state index contributed by atoms with van der Waals surface area (Å²) in [6.45, 7) is 4.10. The molecule has 1 aromatic carbocycles. The van der Waals surface area contributed by atoms with Crippen molar-refractivity contribution < 1.29 is 9.90 Å². The maximum atomic E-state index is 11.9. The van der Waals surface area contributed by atoms with Gasteiger partial charge in [-0.3, -0.25) is 4.79 Å². The fraction of sp³-hybridized carbons (Fsp3) is 0.462. The fourth-order valence-electron chi connectivity index (χ4n) is 2.09. The predicted molar refractivity (Wildman–Crippen MR) is 65.7 cm³/mol. The Labute approximate surface area is 101 Å². The SMILES string of the molecule is CC1(C)C(N)CC1NC(=O)c1cccc(O)c1. The Morgan fingerprint density at radius 1 is 1.53 bits per heavy atom. The number of carbonyl (C=O) groups is 1. The molecule has 1 amide bonds. The van der Waals surface area contributed by atoms with E-state index >= 15 is 0 Å². The van der Waals surface area contributed by atoms with Crippen LogP contribution in [0.25, 0.3) is 0 Å². The lowest BCUT2D eigenvalue weighted by molar-refractivity contribution is 0.0586. The van der Waals surface area contributed by atoms with Crippen LogP contribution in [0.15, 0.2) is 24.3 Å². The molecule has 2 unspecified atom stereocenters. The predicted octanol–water partition coefficient (Wildman–Crippen LogP) is 1.25. The third-order valence-electron chi connectivity index (χ3n) is 3.76. The van der Waals surface area contributed by atoms with Crippen LogP contribution in [0.1, 0.15) is 30.6 Å². The molecular weight excluding hydrogens is 216 g/mol. The Morgan fingerprint density at radius 3 is 2.76 bits per heavy atom. The molecule has 1 aliphatic rings. The standard InChI is InChI=1S/C13H18N2O2/c1-13(2)10(14)7-11(13)15-12(17)8-4-3-5-9(16)6-8/h3-6,10-11,16H,7,14H2,1-2H3,(H,15,17). The summed E-state index contributed by atoms with van der Waals surface area (Å²) in [5.41, 5.74) is 6.30. The molecule has 4 N–H and O–H groups in total. The highest BCUT2D eigenvalue weighted by Gasteiger charge is 2.46. The van der Waals surface area contributed by atoms with Gasteiger partial charge in [0.05, 0.1) is 0 Å². The van der Waals surface area contributed by atoms with E-state index in [9.17, 15) is 9.90 Å². The first kappa shape index (κ1) is 11.9. The molecule has 0 aliphatic heterocycles. The Kier molecular flexibility index (Phi) is 2.83. The highest BCUT2D eigenvalue weighted by molar-refractivity contribution is 5.94. The number of hydrogen-bond donors (Lipinski definition) is 3. The van der Waals surface area contributed by atoms with Crippen molar-refractivity contribution >= 4 is 5.91 Å². The number of carbonyl (C=O) groups excluding carboxylic acids is 1. The van der Waals surface area contributed by atoms with E-state index in [0.29, 0.717) is 5.56 Å². The van der Waals surface area contributed by atoms with Gasteiger partial charge < -0.3 is 16.2 Å². The highest BCUT2D eigenvalue weighted by atomic mass is 16.3. The van der Waals surface area contributed by atoms with Gasteiger partial charge in [-0.15, -0.1) is 0 Å². The summed E-state index contributed by atoms with van der Waals surface area (Å²) in [7, 11) is 0. The van der Waals surface area contributed by atoms with E-state index in [4.69, 9.17) is 5.73 Å². The summed E-state index contributed by atoms with van der Waals surface area (Å²) < 4.78 is 0. The van der Waals surface area contributed by atoms with Crippen LogP contribution in [-0.2, 0) is 0 Å². The molecular formula is C13H18N2O2. The number of phenolic OH excluding ortho intramolecular Hbond substituents is 1. The lowest BCUT2D eigenvalue weighted by atomic mass is 9.63. The molecule has 1 aromatic rings. The molecule has 0 bridgehead atoms. The molecule has 0 aromatic heterocycles. The van der Waals surface area contributed by atoms with Crippen molar-refractivity contribution in [1.29, 1.82) is 0 Å². The zero-order chi connectivity index (χ0) is 12.6. The van der Waals surface area contributed by atoms with Crippen molar-refractivity contribution in [3.05, 3.63) is 29.8 Å². The number of rotatable bonds is 2. The molecule has 17 heavy (non-hydrogen) atoms. The van der Waals surface area contributed by atoms with E-state index < -0.39 is 0 Å². The van der Waals surface area contributed by atoms with Gasteiger partial charge in [0.25, 0.3) is 5.91 Å². The first-order chi connectivity index (χ1) is 7.91. The lowest BCUT2D eigenvalue weighted by Crippen LogP contribution is -2.64. The maximum Gasteiger partial charge on any atom is 0.251 e. The van der Waals surface area contributed by atoms with E-state index in [1.54, 1.807) is 18.2 Å². The second-order valence-corrected chi connectivity index (χ2v) is 5.24. The van der Waals surface area contributed by atoms with Crippen molar-refractivity contribution in [1.82, 2.24) is 5.32 Å². The monoisotopic (exact) mass is 234 g/mol. The molecule has 92 valence electrons. The van der Waals surface area contributed by atoms with E-state index in [1.807, 2.05) is 0 Å². The van der Waals surface area contributed by atoms with E-state index in [0.717, 1.165) is 6.42 Å². The molecule has 0 heterocycles. The van der Waals surface area contributed by atoms with Gasteiger partial charge in [-0.05, 0) is 24.6 Å². The second-order valence-electron chi connectivity index (χ2n) is 5.24. The Bertz CT molecular complexity index is 443. The van der Waals surface area contributed by atoms with Crippen molar-refractivity contribution in [3.63, 3.8) is 0 Å². The summed E-state index contributed by atoms with van der Waals surface area (Å²) in [5, 5.41) is 12.3. The van der Waals surface area contributed by atoms with Gasteiger partial charge in [0.15, 0.2) is 0 Å². The minimum Gasteiger partial charge on any atom is -0.508 e. The van der Waals surface area contributed by atoms with E-state index in [2.05, 4.69) is 19.2 Å². The van der Waals surface area contributed by atoms with Gasteiger partial charge >= 0.3 is 0 Å². The van der Waals surface area contributed by atoms with Crippen molar-refractivity contribution in [2.24, 2.45) is 11.1 Å². The average molecular weight is 234 g/mol. The van der Waals surface area contributed by atoms with Crippen LogP contribution in [0.3, 0.4) is 0 Å². The smallest absolute Gasteiger partial charge is 0.251 e. The third kappa shape index (κ3) is 2.13. The zero-order valence-electron chi connectivity index (χ0n) is 10.1. The second kappa shape index (κ2) is 4.04. The molecule has 0 spiro atoms. The molecule has 2 rings (SSSR count). The van der Waals surface area contributed by atoms with Crippen LogP contribution >= 0.6 is 0 Å². The largest absolute Gasteiger partial charge is 0.508 e. The first-order valence-corrected chi connectivity index (χ1v) is 5.76. The van der Waals surface area contributed by atoms with Gasteiger partial charge in [0.1, 0.15) is 5.75 Å². The quantitative estimate of drug-likeness (QED) is 0.721. The number of phenols is 1. The van der Waals surface area contributed by atoms with Gasteiger partial charge in [-0.25, -0.2) is 0 Å². The number of benzene rings is 1. The van der Waals surface area contributed by atoms with Crippen LogP contribution < -0.4 is 11.1 Å². The first-order valence-electron chi connectivity index (χ1n) is 5.76. The molecule has 1 fully saturated rings. The number of nitrogens with one attached hydrogen (secondary N) is 1. The van der Waals surface area contributed by atoms with Gasteiger partial charge in [0.2, 0.25) is 0 Å². The van der Waals surface area contributed by atoms with Crippen LogP contribution in [0.4, 0.5) is 0 Å². The minimum atomic E-state index is -0.161. The molecule has 1 aliphatic carbocycles.